The Morgan fingerprint density at radius 2 is 1.53 bits per heavy atom. The lowest BCUT2D eigenvalue weighted by Gasteiger charge is -2.37. The van der Waals surface area contributed by atoms with Crippen LogP contribution in [0.15, 0.2) is 22.6 Å². The van der Waals surface area contributed by atoms with E-state index in [1.165, 1.54) is 39.0 Å². The average molecular weight is 856 g/mol. The highest BCUT2D eigenvalue weighted by atomic mass is 35.6. The first-order chi connectivity index (χ1) is 23.4. The van der Waals surface area contributed by atoms with Crippen molar-refractivity contribution < 1.29 is 47.7 Å². The van der Waals surface area contributed by atoms with Crippen LogP contribution in [0.25, 0.3) is 6.08 Å². The van der Waals surface area contributed by atoms with Crippen LogP contribution in [-0.4, -0.2) is 73.9 Å². The number of cyclic esters (lactones) is 1. The molecule has 0 spiro atoms. The lowest BCUT2D eigenvalue weighted by molar-refractivity contribution is -0.155. The van der Waals surface area contributed by atoms with Crippen LogP contribution in [0.3, 0.4) is 0 Å². The van der Waals surface area contributed by atoms with Gasteiger partial charge in [-0.1, -0.05) is 95.1 Å². The van der Waals surface area contributed by atoms with Crippen LogP contribution in [0.2, 0.25) is 0 Å². The molecule has 0 saturated heterocycles. The van der Waals surface area contributed by atoms with Gasteiger partial charge in [0.15, 0.2) is 0 Å². The van der Waals surface area contributed by atoms with Crippen molar-refractivity contribution in [3.63, 3.8) is 0 Å². The number of aryl methyl sites for hydroxylation is 1. The van der Waals surface area contributed by atoms with E-state index in [0.29, 0.717) is 17.7 Å². The molecule has 11 nitrogen and oxygen atoms in total. The number of nitrogens with zero attached hydrogens (tertiary/aromatic N) is 1. The minimum absolute atomic E-state index is 0.0367. The van der Waals surface area contributed by atoms with Gasteiger partial charge in [0, 0.05) is 18.2 Å². The van der Waals surface area contributed by atoms with Crippen LogP contribution in [0, 0.1) is 24.2 Å². The Morgan fingerprint density at radius 1 is 0.961 bits per heavy atom. The number of hydrogen-bond acceptors (Lipinski definition) is 12. The van der Waals surface area contributed by atoms with Crippen LogP contribution < -0.4 is 0 Å². The Labute approximate surface area is 331 Å². The summed E-state index contributed by atoms with van der Waals surface area (Å²) in [7, 11) is 0. The first-order valence-electron chi connectivity index (χ1n) is 15.7. The number of rotatable bonds is 6. The van der Waals surface area contributed by atoms with Crippen LogP contribution >= 0.6 is 80.9 Å². The predicted molar refractivity (Wildman–Crippen MR) is 198 cm³/mol. The molecule has 286 valence electrons. The van der Waals surface area contributed by atoms with Crippen molar-refractivity contribution in [1.29, 1.82) is 0 Å². The Kier molecular flexibility index (Phi) is 17.3. The third-order valence-electron chi connectivity index (χ3n) is 8.12. The number of hydrogen-bond donors (Lipinski definition) is 0. The SMILES string of the molecule is C/C1=C/C[C@@H](/C(C)=C/c2csc(C)n2)OC(=O)C[C@H](OC(=O)OCC(Cl)(Cl)Cl)C(C)(C)C(=O)[C@H](C)[C@@H](OC(=O)OCC(Cl)(Cl)Cl)[C@H](C)C(=O)CC1. The first kappa shape index (κ1) is 45.4. The molecule has 1 aromatic heterocycles. The van der Waals surface area contributed by atoms with Gasteiger partial charge >= 0.3 is 18.3 Å². The predicted octanol–water partition coefficient (Wildman–Crippen LogP) is 9.51. The normalized spacial score (nSPS) is 25.7. The van der Waals surface area contributed by atoms with E-state index in [9.17, 15) is 24.0 Å². The molecule has 1 aliphatic rings. The van der Waals surface area contributed by atoms with E-state index in [2.05, 4.69) is 4.98 Å². The highest BCUT2D eigenvalue weighted by molar-refractivity contribution is 7.09. The summed E-state index contributed by atoms with van der Waals surface area (Å²) in [4.78, 5) is 71.4. The quantitative estimate of drug-likeness (QED) is 0.117. The minimum atomic E-state index is -1.98. The fourth-order valence-electron chi connectivity index (χ4n) is 5.15. The van der Waals surface area contributed by atoms with Gasteiger partial charge in [-0.05, 0) is 52.7 Å². The highest BCUT2D eigenvalue weighted by Crippen LogP contribution is 2.36. The molecule has 18 heteroatoms. The zero-order valence-electron chi connectivity index (χ0n) is 29.1. The van der Waals surface area contributed by atoms with E-state index in [0.717, 1.165) is 10.6 Å². The second kappa shape index (κ2) is 19.5. The van der Waals surface area contributed by atoms with Crippen molar-refractivity contribution in [2.24, 2.45) is 17.3 Å². The number of carbonyl (C=O) groups is 5. The zero-order chi connectivity index (χ0) is 38.9. The molecule has 0 aliphatic carbocycles. The topological polar surface area (TPSA) is 144 Å². The molecular weight excluding hydrogens is 815 g/mol. The Balaban J connectivity index is 2.59. The van der Waals surface area contributed by atoms with E-state index in [4.69, 9.17) is 93.3 Å². The fraction of sp³-hybridized carbons (Fsp3) is 0.636. The maximum atomic E-state index is 14.3. The van der Waals surface area contributed by atoms with Crippen molar-refractivity contribution in [1.82, 2.24) is 4.98 Å². The zero-order valence-corrected chi connectivity index (χ0v) is 34.4. The molecule has 0 saturated carbocycles. The average Bonchev–Trinajstić information content (AvgIpc) is 3.43. The van der Waals surface area contributed by atoms with Crippen LogP contribution in [-0.2, 0) is 38.1 Å². The molecule has 0 aromatic carbocycles. The molecule has 2 rings (SSSR count). The van der Waals surface area contributed by atoms with Gasteiger partial charge in [0.1, 0.15) is 43.1 Å². The molecule has 0 fully saturated rings. The molecule has 0 N–H and O–H groups in total. The minimum Gasteiger partial charge on any atom is -0.457 e. The van der Waals surface area contributed by atoms with E-state index in [-0.39, 0.29) is 18.6 Å². The molecule has 1 aliphatic heterocycles. The summed E-state index contributed by atoms with van der Waals surface area (Å²) in [6.45, 7) is 9.88. The van der Waals surface area contributed by atoms with Crippen molar-refractivity contribution in [3.05, 3.63) is 33.3 Å². The van der Waals surface area contributed by atoms with Crippen molar-refractivity contribution in [3.8, 4) is 0 Å². The van der Waals surface area contributed by atoms with E-state index in [1.54, 1.807) is 13.0 Å². The summed E-state index contributed by atoms with van der Waals surface area (Å²) in [6, 6.07) is 0. The van der Waals surface area contributed by atoms with Crippen LogP contribution in [0.5, 0.6) is 0 Å². The molecule has 0 bridgehead atoms. The van der Waals surface area contributed by atoms with Gasteiger partial charge in [-0.15, -0.1) is 11.3 Å². The number of allylic oxidation sites excluding steroid dienone is 1. The maximum absolute atomic E-state index is 14.3. The molecule has 51 heavy (non-hydrogen) atoms. The lowest BCUT2D eigenvalue weighted by Crippen LogP contribution is -2.49. The van der Waals surface area contributed by atoms with Gasteiger partial charge in [-0.3, -0.25) is 14.4 Å². The Morgan fingerprint density at radius 3 is 2.06 bits per heavy atom. The molecular formula is C33H41Cl6NO10S. The number of thiazole rings is 1. The highest BCUT2D eigenvalue weighted by Gasteiger charge is 2.48. The second-order valence-electron chi connectivity index (χ2n) is 12.8. The smallest absolute Gasteiger partial charge is 0.457 e. The van der Waals surface area contributed by atoms with Gasteiger partial charge < -0.3 is 23.7 Å². The summed E-state index contributed by atoms with van der Waals surface area (Å²) in [5, 5.41) is 2.72. The lowest BCUT2D eigenvalue weighted by atomic mass is 9.72. The fourth-order valence-corrected chi connectivity index (χ4v) is 6.05. The Hall–Kier alpha value is -1.80. The van der Waals surface area contributed by atoms with Crippen LogP contribution in [0.4, 0.5) is 9.59 Å². The summed E-state index contributed by atoms with van der Waals surface area (Å²) < 4.78 is 22.9. The van der Waals surface area contributed by atoms with Gasteiger partial charge in [-0.2, -0.15) is 0 Å². The molecule has 0 unspecified atom stereocenters. The van der Waals surface area contributed by atoms with Gasteiger partial charge in [-0.25, -0.2) is 14.6 Å². The standard InChI is InChI=1S/C33H41Cl6NO10S/c1-17-8-10-23(41)19(3)27(50-30(45)47-16-33(37,38)39)20(4)28(43)31(6,7)25(49-29(44)46-15-32(34,35)36)13-26(42)48-24(11-9-17)18(2)12-22-14-51-21(5)40-22/h9,12,14,19-20,24-25,27H,8,10-11,13,15-16H2,1-7H3/b17-9-,18-12+/t19-,20-,24+,25+,27+/m1/s1. The Bertz CT molecular complexity index is 1480. The van der Waals surface area contributed by atoms with E-state index in [1.807, 2.05) is 25.3 Å². The van der Waals surface area contributed by atoms with Gasteiger partial charge in [0.2, 0.25) is 7.59 Å². The van der Waals surface area contributed by atoms with Crippen molar-refractivity contribution in [2.75, 3.05) is 13.2 Å². The number of ketones is 2. The monoisotopic (exact) mass is 853 g/mol. The summed E-state index contributed by atoms with van der Waals surface area (Å²) >= 11 is 35.7. The van der Waals surface area contributed by atoms with E-state index >= 15 is 0 Å². The molecule has 0 amide bonds. The number of Topliss-reactive ketones (excluding diaryl/α,β-unsaturated/α-hetero) is 2. The third-order valence-corrected chi connectivity index (χ3v) is 9.56. The summed E-state index contributed by atoms with van der Waals surface area (Å²) in [5.74, 6) is -4.00. The second-order valence-corrected chi connectivity index (χ2v) is 18.9. The van der Waals surface area contributed by atoms with Crippen molar-refractivity contribution in [2.45, 2.75) is 100 Å². The molecule has 5 atom stereocenters. The molecule has 0 radical (unpaired) electrons. The first-order valence-corrected chi connectivity index (χ1v) is 18.9. The summed E-state index contributed by atoms with van der Waals surface area (Å²) in [5.41, 5.74) is 0.498. The number of esters is 1. The maximum Gasteiger partial charge on any atom is 0.508 e. The number of ether oxygens (including phenoxy) is 5. The number of alkyl halides is 6. The largest absolute Gasteiger partial charge is 0.508 e. The van der Waals surface area contributed by atoms with Crippen molar-refractivity contribution >= 4 is 117 Å². The van der Waals surface area contributed by atoms with Crippen LogP contribution in [0.1, 0.15) is 77.9 Å². The van der Waals surface area contributed by atoms with Gasteiger partial charge in [0.05, 0.1) is 34.4 Å². The number of aromatic nitrogens is 1. The third kappa shape index (κ3) is 15.6. The number of halogens is 6. The van der Waals surface area contributed by atoms with Gasteiger partial charge in [0.25, 0.3) is 0 Å². The number of carbonyl (C=O) groups excluding carboxylic acids is 5. The molecule has 2 heterocycles. The van der Waals surface area contributed by atoms with E-state index < -0.39 is 86.8 Å². The molecule has 1 aromatic rings. The summed E-state index contributed by atoms with van der Waals surface area (Å²) in [6.07, 6.45) is -2.63.